The third-order valence-corrected chi connectivity index (χ3v) is 3.11. The number of carbonyl (C=O) groups is 1. The molecule has 0 aliphatic heterocycles. The van der Waals surface area contributed by atoms with Gasteiger partial charge in [-0.15, -0.1) is 0 Å². The third kappa shape index (κ3) is 5.42. The smallest absolute Gasteiger partial charge is 0.416 e. The first kappa shape index (κ1) is 19.3. The van der Waals surface area contributed by atoms with Gasteiger partial charge in [0.1, 0.15) is 5.60 Å². The van der Waals surface area contributed by atoms with Gasteiger partial charge in [0.15, 0.2) is 0 Å². The van der Waals surface area contributed by atoms with Crippen molar-refractivity contribution >= 4 is 11.8 Å². The Morgan fingerprint density at radius 1 is 1.17 bits per heavy atom. The fourth-order valence-electron chi connectivity index (χ4n) is 1.91. The zero-order chi connectivity index (χ0) is 18.1. The average molecular weight is 333 g/mol. The average Bonchev–Trinajstić information content (AvgIpc) is 2.35. The number of alkyl halides is 3. The molecule has 1 rings (SSSR count). The van der Waals surface area contributed by atoms with Gasteiger partial charge in [0.05, 0.1) is 12.2 Å². The molecule has 1 aromatic carbocycles. The molecule has 0 fully saturated rings. The summed E-state index contributed by atoms with van der Waals surface area (Å²) in [6, 6.07) is 3.02. The number of benzene rings is 1. The van der Waals surface area contributed by atoms with Gasteiger partial charge in [0.2, 0.25) is 0 Å². The van der Waals surface area contributed by atoms with Crippen LogP contribution in [0.5, 0.6) is 0 Å². The minimum absolute atomic E-state index is 0.0341. The van der Waals surface area contributed by atoms with E-state index in [-0.39, 0.29) is 12.3 Å². The van der Waals surface area contributed by atoms with Crippen LogP contribution < -0.4 is 5.32 Å². The molecule has 0 atom stereocenters. The molecule has 0 radical (unpaired) electrons. The summed E-state index contributed by atoms with van der Waals surface area (Å²) in [4.78, 5) is 11.9. The van der Waals surface area contributed by atoms with Gasteiger partial charge in [-0.25, -0.2) is 4.79 Å². The van der Waals surface area contributed by atoms with Gasteiger partial charge in [-0.3, -0.25) is 5.32 Å². The van der Waals surface area contributed by atoms with Crippen molar-refractivity contribution in [3.05, 3.63) is 29.3 Å². The second kappa shape index (κ2) is 6.39. The molecule has 130 valence electrons. The zero-order valence-electron chi connectivity index (χ0n) is 13.8. The molecule has 0 aliphatic rings. The maximum atomic E-state index is 12.9. The second-order valence-electron chi connectivity index (χ2n) is 6.93. The van der Waals surface area contributed by atoms with Crippen molar-refractivity contribution in [1.29, 1.82) is 0 Å². The van der Waals surface area contributed by atoms with Crippen molar-refractivity contribution in [3.63, 3.8) is 0 Å². The number of halogens is 3. The Balaban J connectivity index is 3.26. The number of anilines is 1. The number of aliphatic hydroxyl groups excluding tert-OH is 1. The molecule has 0 bridgehead atoms. The fraction of sp³-hybridized carbons (Fsp3) is 0.562. The van der Waals surface area contributed by atoms with Gasteiger partial charge in [0, 0.05) is 11.1 Å². The van der Waals surface area contributed by atoms with E-state index in [0.29, 0.717) is 5.56 Å². The number of carbonyl (C=O) groups excluding carboxylic acids is 1. The van der Waals surface area contributed by atoms with Gasteiger partial charge >= 0.3 is 12.3 Å². The number of amides is 1. The first-order valence-electron chi connectivity index (χ1n) is 7.09. The van der Waals surface area contributed by atoms with E-state index >= 15 is 0 Å². The van der Waals surface area contributed by atoms with E-state index in [2.05, 4.69) is 5.32 Å². The van der Waals surface area contributed by atoms with Gasteiger partial charge in [-0.2, -0.15) is 13.2 Å². The van der Waals surface area contributed by atoms with Crippen LogP contribution in [0.25, 0.3) is 0 Å². The van der Waals surface area contributed by atoms with Crippen molar-refractivity contribution in [2.75, 3.05) is 11.9 Å². The normalized spacial score (nSPS) is 12.9. The lowest BCUT2D eigenvalue weighted by Crippen LogP contribution is -2.29. The highest BCUT2D eigenvalue weighted by atomic mass is 19.4. The predicted octanol–water partition coefficient (Wildman–Crippen LogP) is 4.32. The Morgan fingerprint density at radius 3 is 2.17 bits per heavy atom. The molecule has 0 heterocycles. The molecule has 1 amide bonds. The molecule has 0 aliphatic carbocycles. The highest BCUT2D eigenvalue weighted by Crippen LogP contribution is 2.36. The fourth-order valence-corrected chi connectivity index (χ4v) is 1.91. The quantitative estimate of drug-likeness (QED) is 0.866. The molecular weight excluding hydrogens is 311 g/mol. The molecule has 0 aromatic heterocycles. The van der Waals surface area contributed by atoms with Crippen molar-refractivity contribution in [2.24, 2.45) is 0 Å². The van der Waals surface area contributed by atoms with Crippen LogP contribution in [0, 0.1) is 0 Å². The lowest BCUT2D eigenvalue weighted by Gasteiger charge is -2.27. The van der Waals surface area contributed by atoms with E-state index < -0.39 is 28.8 Å². The summed E-state index contributed by atoms with van der Waals surface area (Å²) in [5.41, 5.74) is -2.14. The SMILES string of the molecule is CC(C)(C)OC(=O)Nc1cc(C(F)(F)F)ccc1C(C)(C)CO. The zero-order valence-corrected chi connectivity index (χ0v) is 13.8. The van der Waals surface area contributed by atoms with Crippen LogP contribution in [-0.4, -0.2) is 23.4 Å². The van der Waals surface area contributed by atoms with Crippen LogP contribution in [0.3, 0.4) is 0 Å². The molecule has 0 saturated heterocycles. The van der Waals surface area contributed by atoms with Crippen molar-refractivity contribution in [2.45, 2.75) is 51.8 Å². The standard InChI is InChI=1S/C16H22F3NO3/c1-14(2,3)23-13(22)20-12-8-10(16(17,18)19)6-7-11(12)15(4,5)9-21/h6-8,21H,9H2,1-5H3,(H,20,22). The molecule has 2 N–H and O–H groups in total. The summed E-state index contributed by atoms with van der Waals surface area (Å²) in [6.07, 6.45) is -5.39. The Bertz CT molecular complexity index is 575. The Kier molecular flexibility index (Phi) is 5.36. The highest BCUT2D eigenvalue weighted by molar-refractivity contribution is 5.86. The maximum absolute atomic E-state index is 12.9. The largest absolute Gasteiger partial charge is 0.444 e. The van der Waals surface area contributed by atoms with Gasteiger partial charge in [-0.1, -0.05) is 19.9 Å². The number of rotatable bonds is 3. The van der Waals surface area contributed by atoms with E-state index in [0.717, 1.165) is 12.1 Å². The lowest BCUT2D eigenvalue weighted by molar-refractivity contribution is -0.137. The topological polar surface area (TPSA) is 58.6 Å². The van der Waals surface area contributed by atoms with Crippen LogP contribution in [0.15, 0.2) is 18.2 Å². The van der Waals surface area contributed by atoms with Crippen LogP contribution in [-0.2, 0) is 16.3 Å². The first-order valence-corrected chi connectivity index (χ1v) is 7.09. The third-order valence-electron chi connectivity index (χ3n) is 3.11. The number of ether oxygens (including phenoxy) is 1. The second-order valence-corrected chi connectivity index (χ2v) is 6.93. The van der Waals surface area contributed by atoms with Crippen molar-refractivity contribution in [1.82, 2.24) is 0 Å². The molecular formula is C16H22F3NO3. The van der Waals surface area contributed by atoms with E-state index in [1.165, 1.54) is 6.07 Å². The van der Waals surface area contributed by atoms with E-state index in [9.17, 15) is 23.1 Å². The number of nitrogens with one attached hydrogen (secondary N) is 1. The lowest BCUT2D eigenvalue weighted by atomic mass is 9.84. The summed E-state index contributed by atoms with van der Waals surface area (Å²) in [7, 11) is 0. The number of hydrogen-bond acceptors (Lipinski definition) is 3. The predicted molar refractivity (Wildman–Crippen MR) is 81.4 cm³/mol. The summed E-state index contributed by atoms with van der Waals surface area (Å²) in [5, 5.41) is 11.8. The first-order chi connectivity index (χ1) is 10.3. The summed E-state index contributed by atoms with van der Waals surface area (Å²) in [6.45, 7) is 7.99. The summed E-state index contributed by atoms with van der Waals surface area (Å²) in [5.74, 6) is 0. The van der Waals surface area contributed by atoms with Crippen LogP contribution in [0.2, 0.25) is 0 Å². The highest BCUT2D eigenvalue weighted by Gasteiger charge is 2.33. The van der Waals surface area contributed by atoms with E-state index in [4.69, 9.17) is 4.74 Å². The van der Waals surface area contributed by atoms with Crippen LogP contribution in [0.1, 0.15) is 45.7 Å². The molecule has 4 nitrogen and oxygen atoms in total. The molecule has 0 spiro atoms. The molecule has 23 heavy (non-hydrogen) atoms. The Hall–Kier alpha value is -1.76. The Morgan fingerprint density at radius 2 is 1.74 bits per heavy atom. The molecule has 0 unspecified atom stereocenters. The monoisotopic (exact) mass is 333 g/mol. The number of aliphatic hydroxyl groups is 1. The summed E-state index contributed by atoms with van der Waals surface area (Å²) < 4.78 is 43.8. The van der Waals surface area contributed by atoms with E-state index in [1.807, 2.05) is 0 Å². The Labute approximate surface area is 133 Å². The minimum atomic E-state index is -4.54. The van der Waals surface area contributed by atoms with Gasteiger partial charge in [0.25, 0.3) is 0 Å². The van der Waals surface area contributed by atoms with Crippen LogP contribution >= 0.6 is 0 Å². The maximum Gasteiger partial charge on any atom is 0.416 e. The number of hydrogen-bond donors (Lipinski definition) is 2. The van der Waals surface area contributed by atoms with E-state index in [1.54, 1.807) is 34.6 Å². The van der Waals surface area contributed by atoms with Crippen molar-refractivity contribution in [3.8, 4) is 0 Å². The van der Waals surface area contributed by atoms with Crippen molar-refractivity contribution < 1.29 is 27.8 Å². The molecule has 7 heteroatoms. The minimum Gasteiger partial charge on any atom is -0.444 e. The molecule has 1 aromatic rings. The van der Waals surface area contributed by atoms with Gasteiger partial charge in [-0.05, 0) is 38.5 Å². The summed E-state index contributed by atoms with van der Waals surface area (Å²) >= 11 is 0. The van der Waals surface area contributed by atoms with Crippen LogP contribution in [0.4, 0.5) is 23.7 Å². The van der Waals surface area contributed by atoms with Gasteiger partial charge < -0.3 is 9.84 Å². The molecule has 0 saturated carbocycles.